The summed E-state index contributed by atoms with van der Waals surface area (Å²) in [6.45, 7) is 3.58. The molecule has 78 valence electrons. The third-order valence-corrected chi connectivity index (χ3v) is 2.52. The number of nitrogens with one attached hydrogen (secondary N) is 1. The first-order chi connectivity index (χ1) is 6.69. The van der Waals surface area contributed by atoms with Crippen molar-refractivity contribution >= 4 is 17.4 Å². The van der Waals surface area contributed by atoms with Gasteiger partial charge in [-0.2, -0.15) is 0 Å². The smallest absolute Gasteiger partial charge is 0.265 e. The maximum atomic E-state index is 11.6. The van der Waals surface area contributed by atoms with Crippen LogP contribution in [-0.2, 0) is 6.42 Å². The Labute approximate surface area is 86.3 Å². The van der Waals surface area contributed by atoms with E-state index in [0.717, 1.165) is 11.5 Å². The van der Waals surface area contributed by atoms with Crippen molar-refractivity contribution in [3.05, 3.63) is 10.6 Å². The number of aromatic nitrogens is 2. The normalized spacial score (nSPS) is 12.5. The average Bonchev–Trinajstić information content (AvgIpc) is 2.65. The predicted molar refractivity (Wildman–Crippen MR) is 53.3 cm³/mol. The largest absolute Gasteiger partial charge is 0.394 e. The third-order valence-electron chi connectivity index (χ3n) is 1.75. The molecular weight excluding hydrogens is 202 g/mol. The Hall–Kier alpha value is -1.01. The molecule has 0 saturated heterocycles. The van der Waals surface area contributed by atoms with Crippen LogP contribution < -0.4 is 5.32 Å². The number of hydrogen-bond donors (Lipinski definition) is 2. The molecule has 0 aliphatic carbocycles. The highest BCUT2D eigenvalue weighted by Crippen LogP contribution is 2.10. The topological polar surface area (TPSA) is 75.1 Å². The second kappa shape index (κ2) is 5.02. The number of aryl methyl sites for hydroxylation is 1. The van der Waals surface area contributed by atoms with Crippen molar-refractivity contribution in [3.8, 4) is 0 Å². The lowest BCUT2D eigenvalue weighted by Crippen LogP contribution is -2.35. The van der Waals surface area contributed by atoms with Crippen LogP contribution in [0.15, 0.2) is 0 Å². The summed E-state index contributed by atoms with van der Waals surface area (Å²) >= 11 is 1.08. The Morgan fingerprint density at radius 2 is 2.43 bits per heavy atom. The van der Waals surface area contributed by atoms with Crippen molar-refractivity contribution in [2.45, 2.75) is 26.3 Å². The number of hydrogen-bond acceptors (Lipinski definition) is 5. The minimum atomic E-state index is -0.241. The van der Waals surface area contributed by atoms with E-state index in [1.807, 2.05) is 6.92 Å². The summed E-state index contributed by atoms with van der Waals surface area (Å²) in [5.74, 6) is -0.210. The molecule has 5 nitrogen and oxygen atoms in total. The highest BCUT2D eigenvalue weighted by atomic mass is 32.1. The van der Waals surface area contributed by atoms with Gasteiger partial charge in [0.1, 0.15) is 4.88 Å². The van der Waals surface area contributed by atoms with E-state index in [-0.39, 0.29) is 18.6 Å². The minimum Gasteiger partial charge on any atom is -0.394 e. The number of nitrogens with zero attached hydrogens (tertiary/aromatic N) is 2. The van der Waals surface area contributed by atoms with E-state index in [0.29, 0.717) is 17.0 Å². The van der Waals surface area contributed by atoms with Crippen LogP contribution in [0.1, 0.15) is 29.2 Å². The molecule has 1 heterocycles. The SMILES string of the molecule is CCc1nnsc1C(=O)NC(C)CO. The molecule has 1 amide bonds. The van der Waals surface area contributed by atoms with E-state index in [4.69, 9.17) is 5.11 Å². The quantitative estimate of drug-likeness (QED) is 0.753. The zero-order valence-corrected chi connectivity index (χ0v) is 8.97. The summed E-state index contributed by atoms with van der Waals surface area (Å²) in [7, 11) is 0. The Morgan fingerprint density at radius 1 is 1.71 bits per heavy atom. The van der Waals surface area contributed by atoms with Gasteiger partial charge in [-0.15, -0.1) is 5.10 Å². The third kappa shape index (κ3) is 2.49. The van der Waals surface area contributed by atoms with Crippen molar-refractivity contribution in [2.24, 2.45) is 0 Å². The van der Waals surface area contributed by atoms with Gasteiger partial charge in [-0.05, 0) is 24.9 Å². The summed E-state index contributed by atoms with van der Waals surface area (Å²) in [5.41, 5.74) is 0.706. The Kier molecular flexibility index (Phi) is 3.97. The van der Waals surface area contributed by atoms with E-state index in [1.54, 1.807) is 6.92 Å². The summed E-state index contributed by atoms with van der Waals surface area (Å²) in [5, 5.41) is 15.2. The average molecular weight is 215 g/mol. The molecule has 0 saturated carbocycles. The molecule has 6 heteroatoms. The summed E-state index contributed by atoms with van der Waals surface area (Å²) in [6, 6.07) is -0.241. The first kappa shape index (κ1) is 11.1. The molecule has 0 bridgehead atoms. The first-order valence-corrected chi connectivity index (χ1v) is 5.19. The van der Waals surface area contributed by atoms with Gasteiger partial charge in [-0.1, -0.05) is 11.4 Å². The van der Waals surface area contributed by atoms with Crippen LogP contribution in [0.2, 0.25) is 0 Å². The molecule has 0 radical (unpaired) electrons. The van der Waals surface area contributed by atoms with Crippen molar-refractivity contribution < 1.29 is 9.90 Å². The fourth-order valence-corrected chi connectivity index (χ4v) is 1.60. The molecule has 1 aromatic heterocycles. The second-order valence-electron chi connectivity index (χ2n) is 2.96. The lowest BCUT2D eigenvalue weighted by Gasteiger charge is -2.09. The number of rotatable bonds is 4. The van der Waals surface area contributed by atoms with Gasteiger partial charge in [-0.25, -0.2) is 0 Å². The van der Waals surface area contributed by atoms with Crippen LogP contribution in [-0.4, -0.2) is 33.2 Å². The Balaban J connectivity index is 2.69. The Bertz CT molecular complexity index is 313. The maximum Gasteiger partial charge on any atom is 0.265 e. The van der Waals surface area contributed by atoms with Crippen LogP contribution in [0, 0.1) is 0 Å². The highest BCUT2D eigenvalue weighted by Gasteiger charge is 2.16. The fourth-order valence-electron chi connectivity index (χ4n) is 0.947. The van der Waals surface area contributed by atoms with Crippen molar-refractivity contribution in [1.82, 2.24) is 14.9 Å². The molecular formula is C8H13N3O2S. The van der Waals surface area contributed by atoms with Crippen LogP contribution in [0.5, 0.6) is 0 Å². The molecule has 0 spiro atoms. The Morgan fingerprint density at radius 3 is 3.00 bits per heavy atom. The van der Waals surface area contributed by atoms with Crippen LogP contribution in [0.4, 0.5) is 0 Å². The second-order valence-corrected chi connectivity index (χ2v) is 3.71. The van der Waals surface area contributed by atoms with Crippen molar-refractivity contribution in [2.75, 3.05) is 6.61 Å². The number of carbonyl (C=O) groups is 1. The summed E-state index contributed by atoms with van der Waals surface area (Å²) in [4.78, 5) is 12.1. The summed E-state index contributed by atoms with van der Waals surface area (Å²) in [6.07, 6.45) is 0.687. The molecule has 0 fully saturated rings. The monoisotopic (exact) mass is 215 g/mol. The molecule has 1 rings (SSSR count). The van der Waals surface area contributed by atoms with E-state index in [1.165, 1.54) is 0 Å². The fraction of sp³-hybridized carbons (Fsp3) is 0.625. The van der Waals surface area contributed by atoms with Gasteiger partial charge in [0, 0.05) is 6.04 Å². The van der Waals surface area contributed by atoms with Gasteiger partial charge in [0.05, 0.1) is 12.3 Å². The van der Waals surface area contributed by atoms with E-state index in [2.05, 4.69) is 14.9 Å². The van der Waals surface area contributed by atoms with E-state index in [9.17, 15) is 4.79 Å². The van der Waals surface area contributed by atoms with Gasteiger partial charge in [0.2, 0.25) is 0 Å². The number of carbonyl (C=O) groups excluding carboxylic acids is 1. The molecule has 1 unspecified atom stereocenters. The first-order valence-electron chi connectivity index (χ1n) is 4.42. The standard InChI is InChI=1S/C8H13N3O2S/c1-3-6-7(14-11-10-6)8(13)9-5(2)4-12/h5,12H,3-4H2,1-2H3,(H,9,13). The zero-order chi connectivity index (χ0) is 10.6. The van der Waals surface area contributed by atoms with Crippen LogP contribution in [0.3, 0.4) is 0 Å². The lowest BCUT2D eigenvalue weighted by atomic mass is 10.2. The number of aliphatic hydroxyl groups excluding tert-OH is 1. The van der Waals surface area contributed by atoms with E-state index < -0.39 is 0 Å². The van der Waals surface area contributed by atoms with Crippen molar-refractivity contribution in [3.63, 3.8) is 0 Å². The van der Waals surface area contributed by atoms with Gasteiger partial charge in [0.25, 0.3) is 5.91 Å². The minimum absolute atomic E-state index is 0.0700. The van der Waals surface area contributed by atoms with Crippen LogP contribution in [0.25, 0.3) is 0 Å². The highest BCUT2D eigenvalue weighted by molar-refractivity contribution is 7.08. The van der Waals surface area contributed by atoms with Gasteiger partial charge in [0.15, 0.2) is 0 Å². The maximum absolute atomic E-state index is 11.6. The zero-order valence-electron chi connectivity index (χ0n) is 8.15. The number of aliphatic hydroxyl groups is 1. The molecule has 14 heavy (non-hydrogen) atoms. The lowest BCUT2D eigenvalue weighted by molar-refractivity contribution is 0.0925. The molecule has 1 aromatic rings. The van der Waals surface area contributed by atoms with E-state index >= 15 is 0 Å². The van der Waals surface area contributed by atoms with Crippen LogP contribution >= 0.6 is 11.5 Å². The van der Waals surface area contributed by atoms with Gasteiger partial charge < -0.3 is 10.4 Å². The predicted octanol–water partition coefficient (Wildman–Crippen LogP) is 0.211. The molecule has 0 aliphatic rings. The number of amides is 1. The molecule has 2 N–H and O–H groups in total. The summed E-state index contributed by atoms with van der Waals surface area (Å²) < 4.78 is 3.72. The van der Waals surface area contributed by atoms with Crippen molar-refractivity contribution in [1.29, 1.82) is 0 Å². The van der Waals surface area contributed by atoms with Gasteiger partial charge >= 0.3 is 0 Å². The van der Waals surface area contributed by atoms with Gasteiger partial charge in [-0.3, -0.25) is 4.79 Å². The molecule has 1 atom stereocenters. The molecule has 0 aliphatic heterocycles. The molecule has 0 aromatic carbocycles.